The number of hydrogen-bond acceptors (Lipinski definition) is 3. The van der Waals surface area contributed by atoms with E-state index >= 15 is 0 Å². The second-order valence-corrected chi connectivity index (χ2v) is 7.79. The molecule has 108 valence electrons. The minimum atomic E-state index is -0.106. The van der Waals surface area contributed by atoms with E-state index in [1.165, 1.54) is 10.4 Å². The van der Waals surface area contributed by atoms with E-state index in [1.807, 2.05) is 25.0 Å². The second kappa shape index (κ2) is 4.87. The van der Waals surface area contributed by atoms with Gasteiger partial charge in [0.1, 0.15) is 11.6 Å². The van der Waals surface area contributed by atoms with Gasteiger partial charge in [-0.3, -0.25) is 4.58 Å². The molecule has 2 heterocycles. The number of rotatable bonds is 2. The van der Waals surface area contributed by atoms with Crippen molar-refractivity contribution >= 4 is 22.7 Å². The molecule has 1 aromatic rings. The van der Waals surface area contributed by atoms with Gasteiger partial charge in [-0.25, -0.2) is 5.32 Å². The van der Waals surface area contributed by atoms with Crippen LogP contribution in [-0.2, 0) is 12.0 Å². The number of nitrogens with zero attached hydrogens (tertiary/aromatic N) is 2. The van der Waals surface area contributed by atoms with Gasteiger partial charge in [0.25, 0.3) is 0 Å². The lowest BCUT2D eigenvalue weighted by molar-refractivity contribution is -0.459. The molecule has 0 atom stereocenters. The molecule has 0 radical (unpaired) electrons. The fourth-order valence-corrected chi connectivity index (χ4v) is 4.13. The third-order valence-electron chi connectivity index (χ3n) is 3.41. The fourth-order valence-electron chi connectivity index (χ4n) is 2.94. The first kappa shape index (κ1) is 15.0. The van der Waals surface area contributed by atoms with E-state index in [0.29, 0.717) is 0 Å². The van der Waals surface area contributed by atoms with Gasteiger partial charge >= 0.3 is 0 Å². The van der Waals surface area contributed by atoms with Crippen molar-refractivity contribution in [2.24, 2.45) is 0 Å². The Morgan fingerprint density at radius 2 is 2.00 bits per heavy atom. The monoisotopic (exact) mass is 291 g/mol. The average Bonchev–Trinajstić information content (AvgIpc) is 2.62. The third kappa shape index (κ3) is 2.72. The summed E-state index contributed by atoms with van der Waals surface area (Å²) in [6.45, 7) is 8.75. The van der Waals surface area contributed by atoms with Gasteiger partial charge in [-0.1, -0.05) is 11.3 Å². The van der Waals surface area contributed by atoms with Gasteiger partial charge in [0, 0.05) is 16.0 Å². The highest BCUT2D eigenvalue weighted by Crippen LogP contribution is 2.44. The maximum absolute atomic E-state index is 9.54. The van der Waals surface area contributed by atoms with Gasteiger partial charge in [0.05, 0.1) is 14.1 Å². The van der Waals surface area contributed by atoms with Crippen LogP contribution in [-0.4, -0.2) is 30.5 Å². The summed E-state index contributed by atoms with van der Waals surface area (Å²) in [6.07, 6.45) is 2.76. The van der Waals surface area contributed by atoms with E-state index < -0.39 is 0 Å². The van der Waals surface area contributed by atoms with Crippen LogP contribution in [0.4, 0.5) is 5.00 Å². The summed E-state index contributed by atoms with van der Waals surface area (Å²) in [5.74, 6) is 0. The molecule has 0 aromatic carbocycles. The first-order chi connectivity index (χ1) is 9.16. The molecule has 0 spiro atoms. The van der Waals surface area contributed by atoms with Crippen LogP contribution < -0.4 is 10.6 Å². The molecular formula is C15H23N4S+. The van der Waals surface area contributed by atoms with E-state index in [0.717, 1.165) is 17.0 Å². The average molecular weight is 291 g/mol. The molecule has 0 aliphatic carbocycles. The van der Waals surface area contributed by atoms with E-state index in [4.69, 9.17) is 0 Å². The molecule has 2 rings (SSSR count). The first-order valence-corrected chi connectivity index (χ1v) is 7.60. The number of nitriles is 1. The zero-order valence-corrected chi connectivity index (χ0v) is 13.9. The highest BCUT2D eigenvalue weighted by molar-refractivity contribution is 7.16. The normalized spacial score (nSPS) is 18.9. The molecule has 1 aliphatic rings. The number of nitrogens with one attached hydrogen (secondary N) is 2. The summed E-state index contributed by atoms with van der Waals surface area (Å²) in [7, 11) is 3.92. The maximum atomic E-state index is 9.54. The van der Waals surface area contributed by atoms with Crippen LogP contribution in [0.5, 0.6) is 0 Å². The number of thiophene rings is 1. The van der Waals surface area contributed by atoms with Gasteiger partial charge in [-0.2, -0.15) is 5.26 Å². The molecule has 0 bridgehead atoms. The Labute approximate surface area is 125 Å². The fraction of sp³-hybridized carbons (Fsp3) is 0.600. The van der Waals surface area contributed by atoms with E-state index in [9.17, 15) is 5.26 Å². The quantitative estimate of drug-likeness (QED) is 0.500. The lowest BCUT2D eigenvalue weighted by Crippen LogP contribution is -2.54. The molecular weight excluding hydrogens is 268 g/mol. The Bertz CT molecular complexity index is 598. The van der Waals surface area contributed by atoms with E-state index in [2.05, 4.69) is 44.4 Å². The molecule has 0 unspecified atom stereocenters. The lowest BCUT2D eigenvalue weighted by Gasteiger charge is -2.42. The molecule has 4 nitrogen and oxygen atoms in total. The van der Waals surface area contributed by atoms with Crippen LogP contribution in [0.2, 0.25) is 0 Å². The predicted molar refractivity (Wildman–Crippen MR) is 84.8 cm³/mol. The van der Waals surface area contributed by atoms with Gasteiger partial charge < -0.3 is 5.32 Å². The molecule has 20 heavy (non-hydrogen) atoms. The van der Waals surface area contributed by atoms with Crippen LogP contribution >= 0.6 is 11.3 Å². The summed E-state index contributed by atoms with van der Waals surface area (Å²) >= 11 is 1.68. The minimum absolute atomic E-state index is 0.00566. The summed E-state index contributed by atoms with van der Waals surface area (Å²) < 4.78 is 1.94. The number of anilines is 1. The van der Waals surface area contributed by atoms with Gasteiger partial charge in [0.2, 0.25) is 6.34 Å². The Balaban J connectivity index is 2.54. The third-order valence-corrected chi connectivity index (χ3v) is 4.90. The summed E-state index contributed by atoms with van der Waals surface area (Å²) in [4.78, 5) is 1.27. The number of fused-ring (bicyclic) bond motifs is 1. The zero-order valence-electron chi connectivity index (χ0n) is 13.1. The van der Waals surface area contributed by atoms with Crippen molar-refractivity contribution in [3.63, 3.8) is 0 Å². The second-order valence-electron chi connectivity index (χ2n) is 6.77. The Morgan fingerprint density at radius 3 is 2.55 bits per heavy atom. The Hall–Kier alpha value is -1.38. The van der Waals surface area contributed by atoms with Crippen molar-refractivity contribution < 1.29 is 4.58 Å². The van der Waals surface area contributed by atoms with Crippen molar-refractivity contribution in [1.82, 2.24) is 5.32 Å². The zero-order chi connectivity index (χ0) is 15.1. The minimum Gasteiger partial charge on any atom is -0.302 e. The topological polar surface area (TPSA) is 50.9 Å². The maximum Gasteiger partial charge on any atom is 0.237 e. The molecule has 2 N–H and O–H groups in total. The van der Waals surface area contributed by atoms with Crippen molar-refractivity contribution in [1.29, 1.82) is 5.26 Å². The van der Waals surface area contributed by atoms with Crippen LogP contribution in [0.1, 0.15) is 43.7 Å². The summed E-state index contributed by atoms with van der Waals surface area (Å²) in [5, 5.41) is 17.4. The van der Waals surface area contributed by atoms with Gasteiger partial charge in [-0.05, 0) is 39.7 Å². The van der Waals surface area contributed by atoms with Crippen LogP contribution in [0.25, 0.3) is 0 Å². The molecule has 0 amide bonds. The highest BCUT2D eigenvalue weighted by Gasteiger charge is 2.40. The Morgan fingerprint density at radius 1 is 1.35 bits per heavy atom. The van der Waals surface area contributed by atoms with Crippen molar-refractivity contribution in [3.8, 4) is 6.07 Å². The summed E-state index contributed by atoms with van der Waals surface area (Å²) in [6, 6.07) is 2.38. The molecule has 0 saturated heterocycles. The first-order valence-electron chi connectivity index (χ1n) is 6.78. The molecule has 0 fully saturated rings. The van der Waals surface area contributed by atoms with Gasteiger partial charge in [0.15, 0.2) is 5.00 Å². The molecule has 5 heteroatoms. The van der Waals surface area contributed by atoms with Crippen LogP contribution in [0.3, 0.4) is 0 Å². The molecule has 1 aliphatic heterocycles. The smallest absolute Gasteiger partial charge is 0.237 e. The standard InChI is InChI=1S/C15H22N4S/c1-14(2)7-10-11(8-16)13(17-9-19(5)6)20-12(10)15(3,4)18-14/h9,18H,7H2,1-6H3/p+1. The molecule has 0 saturated carbocycles. The van der Waals surface area contributed by atoms with Crippen LogP contribution in [0.15, 0.2) is 0 Å². The van der Waals surface area contributed by atoms with Gasteiger partial charge in [-0.15, -0.1) is 0 Å². The molecule has 1 aromatic heterocycles. The Kier molecular flexibility index (Phi) is 3.66. The van der Waals surface area contributed by atoms with E-state index in [1.54, 1.807) is 11.3 Å². The van der Waals surface area contributed by atoms with Crippen LogP contribution in [0, 0.1) is 11.3 Å². The number of hydrogen-bond donors (Lipinski definition) is 2. The summed E-state index contributed by atoms with van der Waals surface area (Å²) in [5.41, 5.74) is 1.89. The SMILES string of the molecule is C[N+](C)=CNc1sc2c(c1C#N)CC(C)(C)NC2(C)C. The van der Waals surface area contributed by atoms with Crippen molar-refractivity contribution in [2.45, 2.75) is 45.2 Å². The highest BCUT2D eigenvalue weighted by atomic mass is 32.1. The predicted octanol–water partition coefficient (Wildman–Crippen LogP) is 2.49. The van der Waals surface area contributed by atoms with E-state index in [-0.39, 0.29) is 11.1 Å². The van der Waals surface area contributed by atoms with Crippen molar-refractivity contribution in [2.75, 3.05) is 19.4 Å². The van der Waals surface area contributed by atoms with Crippen molar-refractivity contribution in [3.05, 3.63) is 16.0 Å². The largest absolute Gasteiger partial charge is 0.302 e. The lowest BCUT2D eigenvalue weighted by atomic mass is 9.81.